The van der Waals surface area contributed by atoms with Crippen molar-refractivity contribution in [1.82, 2.24) is 14.6 Å². The van der Waals surface area contributed by atoms with Crippen LogP contribution in [0.25, 0.3) is 5.65 Å². The molecule has 6 heteroatoms. The minimum absolute atomic E-state index is 0.633. The summed E-state index contributed by atoms with van der Waals surface area (Å²) >= 11 is 1.66. The lowest BCUT2D eigenvalue weighted by atomic mass is 9.88. The molecule has 0 saturated carbocycles. The topological polar surface area (TPSA) is 67.5 Å². The molecule has 0 atom stereocenters. The third-order valence-electron chi connectivity index (χ3n) is 3.29. The SMILES string of the molecule is CC(C)(CCCCSc1nnc2ccccn12)C(=O)O. The number of pyridine rings is 1. The van der Waals surface area contributed by atoms with Crippen LogP contribution in [0.4, 0.5) is 0 Å². The van der Waals surface area contributed by atoms with E-state index in [1.165, 1.54) is 0 Å². The molecule has 0 bridgehead atoms. The molecule has 0 radical (unpaired) electrons. The highest BCUT2D eigenvalue weighted by molar-refractivity contribution is 7.99. The molecule has 0 unspecified atom stereocenters. The second kappa shape index (κ2) is 6.26. The molecule has 0 aliphatic heterocycles. The highest BCUT2D eigenvalue weighted by atomic mass is 32.2. The van der Waals surface area contributed by atoms with Gasteiger partial charge in [0.05, 0.1) is 5.41 Å². The van der Waals surface area contributed by atoms with Gasteiger partial charge in [0, 0.05) is 11.9 Å². The Hall–Kier alpha value is -1.56. The third kappa shape index (κ3) is 3.50. The minimum Gasteiger partial charge on any atom is -0.481 e. The van der Waals surface area contributed by atoms with Gasteiger partial charge in [-0.1, -0.05) is 24.2 Å². The van der Waals surface area contributed by atoms with Crippen LogP contribution in [-0.4, -0.2) is 31.4 Å². The van der Waals surface area contributed by atoms with Crippen LogP contribution in [0.5, 0.6) is 0 Å². The average Bonchev–Trinajstić information content (AvgIpc) is 2.81. The fraction of sp³-hybridized carbons (Fsp3) is 0.500. The van der Waals surface area contributed by atoms with Crippen molar-refractivity contribution in [1.29, 1.82) is 0 Å². The molecule has 2 aromatic rings. The first-order valence-electron chi connectivity index (χ1n) is 6.67. The number of fused-ring (bicyclic) bond motifs is 1. The molecular weight excluding hydrogens is 274 g/mol. The Kier molecular flexibility index (Phi) is 4.65. The van der Waals surface area contributed by atoms with Crippen LogP contribution in [0.1, 0.15) is 33.1 Å². The Bertz CT molecular complexity index is 595. The van der Waals surface area contributed by atoms with E-state index in [1.807, 2.05) is 28.8 Å². The van der Waals surface area contributed by atoms with Gasteiger partial charge in [-0.3, -0.25) is 9.20 Å². The molecular formula is C14H19N3O2S. The van der Waals surface area contributed by atoms with Gasteiger partial charge in [-0.05, 0) is 38.8 Å². The van der Waals surface area contributed by atoms with E-state index >= 15 is 0 Å². The number of carboxylic acid groups (broad SMARTS) is 1. The van der Waals surface area contributed by atoms with Gasteiger partial charge in [-0.15, -0.1) is 10.2 Å². The molecule has 5 nitrogen and oxygen atoms in total. The summed E-state index contributed by atoms with van der Waals surface area (Å²) in [5, 5.41) is 18.2. The zero-order chi connectivity index (χ0) is 14.6. The molecule has 0 aliphatic carbocycles. The third-order valence-corrected chi connectivity index (χ3v) is 4.32. The molecule has 20 heavy (non-hydrogen) atoms. The first-order valence-corrected chi connectivity index (χ1v) is 7.65. The van der Waals surface area contributed by atoms with E-state index in [4.69, 9.17) is 5.11 Å². The van der Waals surface area contributed by atoms with Gasteiger partial charge in [0.15, 0.2) is 10.8 Å². The smallest absolute Gasteiger partial charge is 0.309 e. The largest absolute Gasteiger partial charge is 0.481 e. The number of nitrogens with zero attached hydrogens (tertiary/aromatic N) is 3. The molecule has 0 fully saturated rings. The normalized spacial score (nSPS) is 11.9. The van der Waals surface area contributed by atoms with Crippen LogP contribution in [0.2, 0.25) is 0 Å². The lowest BCUT2D eigenvalue weighted by molar-refractivity contribution is -0.147. The molecule has 0 amide bonds. The number of aliphatic carboxylic acids is 1. The number of carbonyl (C=O) groups is 1. The fourth-order valence-electron chi connectivity index (χ4n) is 1.86. The lowest BCUT2D eigenvalue weighted by Gasteiger charge is -2.18. The number of carboxylic acids is 1. The maximum absolute atomic E-state index is 11.0. The van der Waals surface area contributed by atoms with Crippen molar-refractivity contribution in [3.63, 3.8) is 0 Å². The van der Waals surface area contributed by atoms with Crippen molar-refractivity contribution in [2.75, 3.05) is 5.75 Å². The number of hydrogen-bond acceptors (Lipinski definition) is 4. The van der Waals surface area contributed by atoms with E-state index in [0.717, 1.165) is 29.4 Å². The summed E-state index contributed by atoms with van der Waals surface area (Å²) in [6, 6.07) is 5.81. The monoisotopic (exact) mass is 293 g/mol. The Morgan fingerprint density at radius 3 is 2.90 bits per heavy atom. The highest BCUT2D eigenvalue weighted by Crippen LogP contribution is 2.25. The van der Waals surface area contributed by atoms with Crippen molar-refractivity contribution in [3.8, 4) is 0 Å². The van der Waals surface area contributed by atoms with Crippen LogP contribution < -0.4 is 0 Å². The fourth-order valence-corrected chi connectivity index (χ4v) is 2.78. The van der Waals surface area contributed by atoms with E-state index in [9.17, 15) is 4.79 Å². The predicted molar refractivity (Wildman–Crippen MR) is 79.0 cm³/mol. The van der Waals surface area contributed by atoms with Gasteiger partial charge in [0.25, 0.3) is 0 Å². The molecule has 2 rings (SSSR count). The van der Waals surface area contributed by atoms with Crippen molar-refractivity contribution in [2.24, 2.45) is 5.41 Å². The number of aromatic nitrogens is 3. The summed E-state index contributed by atoms with van der Waals surface area (Å²) < 4.78 is 1.96. The molecule has 1 N–H and O–H groups in total. The minimum atomic E-state index is -0.728. The Morgan fingerprint density at radius 1 is 1.35 bits per heavy atom. The number of hydrogen-bond donors (Lipinski definition) is 1. The van der Waals surface area contributed by atoms with Crippen molar-refractivity contribution >= 4 is 23.4 Å². The second-order valence-electron chi connectivity index (χ2n) is 5.41. The predicted octanol–water partition coefficient (Wildman–Crippen LogP) is 3.10. The van der Waals surface area contributed by atoms with Crippen LogP contribution in [0.3, 0.4) is 0 Å². The van der Waals surface area contributed by atoms with Crippen LogP contribution in [-0.2, 0) is 4.79 Å². The summed E-state index contributed by atoms with van der Waals surface area (Å²) in [7, 11) is 0. The summed E-state index contributed by atoms with van der Waals surface area (Å²) in [6.45, 7) is 3.54. The molecule has 2 aromatic heterocycles. The Labute approximate surface area is 122 Å². The lowest BCUT2D eigenvalue weighted by Crippen LogP contribution is -2.23. The van der Waals surface area contributed by atoms with Gasteiger partial charge in [0.1, 0.15) is 0 Å². The Morgan fingerprint density at radius 2 is 2.15 bits per heavy atom. The van der Waals surface area contributed by atoms with Gasteiger partial charge in [-0.2, -0.15) is 0 Å². The highest BCUT2D eigenvalue weighted by Gasteiger charge is 2.25. The first kappa shape index (κ1) is 14.8. The number of thioether (sulfide) groups is 1. The molecule has 108 valence electrons. The maximum atomic E-state index is 11.0. The second-order valence-corrected chi connectivity index (χ2v) is 6.47. The number of unbranched alkanes of at least 4 members (excludes halogenated alkanes) is 1. The Balaban J connectivity index is 1.78. The van der Waals surface area contributed by atoms with E-state index in [0.29, 0.717) is 6.42 Å². The summed E-state index contributed by atoms with van der Waals surface area (Å²) in [5.74, 6) is 0.194. The quantitative estimate of drug-likeness (QED) is 0.627. The summed E-state index contributed by atoms with van der Waals surface area (Å²) in [5.41, 5.74) is 0.216. The van der Waals surface area contributed by atoms with Crippen LogP contribution in [0, 0.1) is 5.41 Å². The summed E-state index contributed by atoms with van der Waals surface area (Å²) in [4.78, 5) is 11.0. The van der Waals surface area contributed by atoms with E-state index in [2.05, 4.69) is 10.2 Å². The van der Waals surface area contributed by atoms with Crippen LogP contribution >= 0.6 is 11.8 Å². The van der Waals surface area contributed by atoms with Crippen LogP contribution in [0.15, 0.2) is 29.6 Å². The molecule has 2 heterocycles. The van der Waals surface area contributed by atoms with Gasteiger partial charge in [-0.25, -0.2) is 0 Å². The maximum Gasteiger partial charge on any atom is 0.309 e. The summed E-state index contributed by atoms with van der Waals surface area (Å²) in [6.07, 6.45) is 4.53. The van der Waals surface area contributed by atoms with Gasteiger partial charge >= 0.3 is 5.97 Å². The van der Waals surface area contributed by atoms with E-state index in [-0.39, 0.29) is 0 Å². The number of rotatable bonds is 7. The molecule has 0 saturated heterocycles. The first-order chi connectivity index (χ1) is 9.50. The standard InChI is InChI=1S/C14H19N3O2S/c1-14(2,12(18)19)8-4-6-10-20-13-16-15-11-7-3-5-9-17(11)13/h3,5,7,9H,4,6,8,10H2,1-2H3,(H,18,19). The van der Waals surface area contributed by atoms with E-state index < -0.39 is 11.4 Å². The average molecular weight is 293 g/mol. The zero-order valence-electron chi connectivity index (χ0n) is 11.7. The molecule has 0 aromatic carbocycles. The zero-order valence-corrected chi connectivity index (χ0v) is 12.6. The van der Waals surface area contributed by atoms with Crippen molar-refractivity contribution in [2.45, 2.75) is 38.3 Å². The van der Waals surface area contributed by atoms with Gasteiger partial charge in [0.2, 0.25) is 0 Å². The van der Waals surface area contributed by atoms with Gasteiger partial charge < -0.3 is 5.11 Å². The molecule has 0 aliphatic rings. The van der Waals surface area contributed by atoms with Crippen molar-refractivity contribution in [3.05, 3.63) is 24.4 Å². The van der Waals surface area contributed by atoms with Crippen molar-refractivity contribution < 1.29 is 9.90 Å². The van der Waals surface area contributed by atoms with E-state index in [1.54, 1.807) is 25.6 Å². The molecule has 0 spiro atoms.